The van der Waals surface area contributed by atoms with E-state index in [1.807, 2.05) is 0 Å². The van der Waals surface area contributed by atoms with E-state index >= 15 is 0 Å². The highest BCUT2D eigenvalue weighted by Gasteiger charge is 2.50. The molecule has 0 radical (unpaired) electrons. The van der Waals surface area contributed by atoms with Gasteiger partial charge in [-0.1, -0.05) is 176 Å². The lowest BCUT2D eigenvalue weighted by Gasteiger charge is -2.40. The first-order chi connectivity index (χ1) is 32.8. The van der Waals surface area contributed by atoms with Crippen LogP contribution in [0, 0.1) is 0 Å². The van der Waals surface area contributed by atoms with Crippen molar-refractivity contribution in [3.05, 3.63) is 253 Å². The van der Waals surface area contributed by atoms with Crippen molar-refractivity contribution in [1.29, 1.82) is 0 Å². The number of aromatic nitrogens is 1. The van der Waals surface area contributed by atoms with E-state index < -0.39 is 5.41 Å². The van der Waals surface area contributed by atoms with E-state index in [0.29, 0.717) is 0 Å². The van der Waals surface area contributed by atoms with Crippen LogP contribution in [0.15, 0.2) is 235 Å². The molecule has 0 bridgehead atoms. The minimum Gasteiger partial charge on any atom is -0.456 e. The minimum absolute atomic E-state index is 0.558. The Hall–Kier alpha value is -8.66. The summed E-state index contributed by atoms with van der Waals surface area (Å²) >= 11 is 0. The monoisotopic (exact) mass is 838 g/mol. The quantitative estimate of drug-likeness (QED) is 0.176. The maximum Gasteiger partial charge on any atom is 0.137 e. The standard InChI is InChI=1S/C63H38N2O/c1-2-19-43-39(15-1)16-13-29-55(43)65-56-28-9-5-22-47(56)48-36-34-42(38-58(48)65)64(57-30-14-32-60-62(57)50-23-6-10-31-59(50)66-60)41-33-35-46-44-20-3-7-25-51(44)63(54(46)37-41)52-26-8-4-21-45(52)49-24-11-17-40-18-12-27-53(63)61(40)49/h1-38H. The molecule has 1 atom stereocenters. The van der Waals surface area contributed by atoms with Crippen LogP contribution in [0.2, 0.25) is 0 Å². The maximum absolute atomic E-state index is 6.62. The second-order valence-electron chi connectivity index (χ2n) is 17.9. The summed E-state index contributed by atoms with van der Waals surface area (Å²) in [6, 6.07) is 85.3. The summed E-state index contributed by atoms with van der Waals surface area (Å²) in [6.07, 6.45) is 0. The van der Waals surface area contributed by atoms with Gasteiger partial charge in [0.25, 0.3) is 0 Å². The zero-order chi connectivity index (χ0) is 43.1. The maximum atomic E-state index is 6.62. The van der Waals surface area contributed by atoms with Gasteiger partial charge in [-0.3, -0.25) is 0 Å². The fraction of sp³-hybridized carbons (Fsp3) is 0.0159. The molecule has 0 fully saturated rings. The lowest BCUT2D eigenvalue weighted by molar-refractivity contribution is 0.669. The molecule has 306 valence electrons. The van der Waals surface area contributed by atoms with Crippen LogP contribution < -0.4 is 4.90 Å². The molecule has 0 saturated carbocycles. The lowest BCUT2D eigenvalue weighted by Crippen LogP contribution is -2.32. The van der Waals surface area contributed by atoms with Crippen LogP contribution in [0.1, 0.15) is 22.3 Å². The molecule has 1 unspecified atom stereocenters. The Kier molecular flexibility index (Phi) is 7.15. The van der Waals surface area contributed by atoms with Gasteiger partial charge < -0.3 is 13.9 Å². The molecule has 3 nitrogen and oxygen atoms in total. The first kappa shape index (κ1) is 35.8. The molecule has 2 aliphatic rings. The molecular formula is C63H38N2O. The molecule has 0 amide bonds. The summed E-state index contributed by atoms with van der Waals surface area (Å²) in [5, 5.41) is 9.63. The molecule has 13 aromatic rings. The topological polar surface area (TPSA) is 21.3 Å². The number of hydrogen-bond acceptors (Lipinski definition) is 2. The van der Waals surface area contributed by atoms with E-state index in [9.17, 15) is 0 Å². The van der Waals surface area contributed by atoms with E-state index in [1.165, 1.54) is 82.3 Å². The number of furan rings is 1. The van der Waals surface area contributed by atoms with E-state index in [0.717, 1.165) is 50.2 Å². The molecule has 3 heteroatoms. The van der Waals surface area contributed by atoms with Gasteiger partial charge in [-0.25, -0.2) is 0 Å². The van der Waals surface area contributed by atoms with Crippen LogP contribution in [0.3, 0.4) is 0 Å². The van der Waals surface area contributed by atoms with Crippen LogP contribution in [0.5, 0.6) is 0 Å². The van der Waals surface area contributed by atoms with Crippen molar-refractivity contribution < 1.29 is 4.42 Å². The molecule has 15 rings (SSSR count). The van der Waals surface area contributed by atoms with Gasteiger partial charge in [-0.05, 0) is 115 Å². The van der Waals surface area contributed by atoms with E-state index in [-0.39, 0.29) is 0 Å². The SMILES string of the molecule is c1ccc2c(c1)-c1ccc(N(c3ccc4c5ccccc5n(-c5cccc6ccccc56)c4c3)c3cccc4oc5ccccc5c34)cc1C21c2ccccc2-c2cccc3cccc1c23. The predicted molar refractivity (Wildman–Crippen MR) is 274 cm³/mol. The summed E-state index contributed by atoms with van der Waals surface area (Å²) in [5.41, 5.74) is 18.2. The molecule has 11 aromatic carbocycles. The highest BCUT2D eigenvalue weighted by atomic mass is 16.3. The third kappa shape index (κ3) is 4.61. The first-order valence-corrected chi connectivity index (χ1v) is 22.8. The molecule has 0 N–H and O–H groups in total. The minimum atomic E-state index is -0.558. The molecule has 1 spiro atoms. The molecule has 0 aliphatic heterocycles. The molecule has 2 heterocycles. The van der Waals surface area contributed by atoms with Crippen LogP contribution in [0.25, 0.3) is 93.2 Å². The Morgan fingerprint density at radius 1 is 0.348 bits per heavy atom. The second kappa shape index (κ2) is 13.2. The van der Waals surface area contributed by atoms with Gasteiger partial charge in [0.05, 0.1) is 33.2 Å². The number of nitrogens with zero attached hydrogens (tertiary/aromatic N) is 2. The van der Waals surface area contributed by atoms with Crippen molar-refractivity contribution in [2.45, 2.75) is 5.41 Å². The number of para-hydroxylation sites is 2. The van der Waals surface area contributed by atoms with Crippen LogP contribution in [0.4, 0.5) is 17.1 Å². The average molecular weight is 839 g/mol. The van der Waals surface area contributed by atoms with Crippen molar-refractivity contribution in [3.63, 3.8) is 0 Å². The van der Waals surface area contributed by atoms with Gasteiger partial charge in [0.15, 0.2) is 0 Å². The zero-order valence-electron chi connectivity index (χ0n) is 35.7. The van der Waals surface area contributed by atoms with Crippen LogP contribution in [-0.2, 0) is 5.41 Å². The Balaban J connectivity index is 1.06. The summed E-state index contributed by atoms with van der Waals surface area (Å²) in [4.78, 5) is 2.48. The summed E-state index contributed by atoms with van der Waals surface area (Å²) in [6.45, 7) is 0. The summed E-state index contributed by atoms with van der Waals surface area (Å²) in [7, 11) is 0. The molecule has 2 aliphatic carbocycles. The lowest BCUT2D eigenvalue weighted by atomic mass is 9.61. The number of fused-ring (bicyclic) bond motifs is 16. The molecule has 2 aromatic heterocycles. The Labute approximate surface area is 380 Å². The number of anilines is 3. The number of rotatable bonds is 4. The third-order valence-electron chi connectivity index (χ3n) is 14.8. The molecular weight excluding hydrogens is 801 g/mol. The van der Waals surface area contributed by atoms with Crippen molar-refractivity contribution >= 4 is 82.4 Å². The van der Waals surface area contributed by atoms with Gasteiger partial charge >= 0.3 is 0 Å². The van der Waals surface area contributed by atoms with E-state index in [4.69, 9.17) is 4.42 Å². The highest BCUT2D eigenvalue weighted by Crippen LogP contribution is 2.62. The van der Waals surface area contributed by atoms with Gasteiger partial charge in [0.2, 0.25) is 0 Å². The van der Waals surface area contributed by atoms with Gasteiger partial charge in [0.1, 0.15) is 11.2 Å². The van der Waals surface area contributed by atoms with Gasteiger partial charge in [-0.2, -0.15) is 0 Å². The summed E-state index contributed by atoms with van der Waals surface area (Å²) in [5.74, 6) is 0. The largest absolute Gasteiger partial charge is 0.456 e. The fourth-order valence-corrected chi connectivity index (χ4v) is 12.2. The highest BCUT2D eigenvalue weighted by molar-refractivity contribution is 6.15. The Bertz CT molecular complexity index is 4200. The number of benzene rings is 11. The Morgan fingerprint density at radius 2 is 0.924 bits per heavy atom. The van der Waals surface area contributed by atoms with Crippen molar-refractivity contribution in [2.75, 3.05) is 4.90 Å². The predicted octanol–water partition coefficient (Wildman–Crippen LogP) is 16.8. The normalized spacial score (nSPS) is 14.7. The van der Waals surface area contributed by atoms with Gasteiger partial charge in [-0.15, -0.1) is 0 Å². The molecule has 0 saturated heterocycles. The van der Waals surface area contributed by atoms with E-state index in [1.54, 1.807) is 0 Å². The van der Waals surface area contributed by atoms with Crippen LogP contribution >= 0.6 is 0 Å². The van der Waals surface area contributed by atoms with E-state index in [2.05, 4.69) is 240 Å². The first-order valence-electron chi connectivity index (χ1n) is 22.8. The van der Waals surface area contributed by atoms with Crippen molar-refractivity contribution in [1.82, 2.24) is 4.57 Å². The second-order valence-corrected chi connectivity index (χ2v) is 17.9. The van der Waals surface area contributed by atoms with Crippen LogP contribution in [-0.4, -0.2) is 4.57 Å². The van der Waals surface area contributed by atoms with Crippen molar-refractivity contribution in [2.24, 2.45) is 0 Å². The fourth-order valence-electron chi connectivity index (χ4n) is 12.2. The number of hydrogen-bond donors (Lipinski definition) is 0. The van der Waals surface area contributed by atoms with Gasteiger partial charge in [0, 0.05) is 32.9 Å². The Morgan fingerprint density at radius 3 is 1.80 bits per heavy atom. The summed E-state index contributed by atoms with van der Waals surface area (Å²) < 4.78 is 9.09. The smallest absolute Gasteiger partial charge is 0.137 e. The third-order valence-corrected chi connectivity index (χ3v) is 14.8. The molecule has 66 heavy (non-hydrogen) atoms. The average Bonchev–Trinajstić information content (AvgIpc) is 4.02. The zero-order valence-corrected chi connectivity index (χ0v) is 35.7. The van der Waals surface area contributed by atoms with Crippen molar-refractivity contribution in [3.8, 4) is 27.9 Å².